The second kappa shape index (κ2) is 12.7. The summed E-state index contributed by atoms with van der Waals surface area (Å²) >= 11 is 6.16. The van der Waals surface area contributed by atoms with Crippen LogP contribution in [0.25, 0.3) is 0 Å². The summed E-state index contributed by atoms with van der Waals surface area (Å²) in [5.41, 5.74) is 2.57. The molecular formula is C28H40ClN5O5S. The zero-order valence-electron chi connectivity index (χ0n) is 23.7. The molecule has 0 saturated carbocycles. The predicted octanol–water partition coefficient (Wildman–Crippen LogP) is 3.23. The Morgan fingerprint density at radius 1 is 1.20 bits per heavy atom. The van der Waals surface area contributed by atoms with Gasteiger partial charge in [-0.25, -0.2) is 9.97 Å². The lowest BCUT2D eigenvalue weighted by atomic mass is 9.93. The van der Waals surface area contributed by atoms with Crippen LogP contribution in [-0.4, -0.2) is 103 Å². The number of anilines is 1. The zero-order valence-corrected chi connectivity index (χ0v) is 25.3. The molecule has 0 bridgehead atoms. The molecule has 2 atom stereocenters. The molecule has 10 nitrogen and oxygen atoms in total. The van der Waals surface area contributed by atoms with Crippen LogP contribution in [0.1, 0.15) is 55.8 Å². The lowest BCUT2D eigenvalue weighted by Crippen LogP contribution is -2.54. The van der Waals surface area contributed by atoms with E-state index in [4.69, 9.17) is 16.3 Å². The van der Waals surface area contributed by atoms with Crippen LogP contribution in [0.3, 0.4) is 0 Å². The number of hydrogen-bond donors (Lipinski definition) is 1. The lowest BCUT2D eigenvalue weighted by Gasteiger charge is -2.42. The second-order valence-corrected chi connectivity index (χ2v) is 13.4. The van der Waals surface area contributed by atoms with Crippen LogP contribution < -0.4 is 4.90 Å². The van der Waals surface area contributed by atoms with Gasteiger partial charge in [-0.2, -0.15) is 8.42 Å². The Bertz CT molecular complexity index is 1280. The Balaban J connectivity index is 1.55. The third-order valence-corrected chi connectivity index (χ3v) is 9.04. The van der Waals surface area contributed by atoms with E-state index in [1.54, 1.807) is 25.6 Å². The average molecular weight is 594 g/mol. The van der Waals surface area contributed by atoms with Gasteiger partial charge in [-0.3, -0.25) is 14.2 Å². The number of piperazine rings is 1. The number of carbonyl (C=O) groups excluding carboxylic acids is 1. The number of halogens is 1. The smallest absolute Gasteiger partial charge is 0.266 e. The highest BCUT2D eigenvalue weighted by atomic mass is 35.5. The Morgan fingerprint density at radius 3 is 2.50 bits per heavy atom. The van der Waals surface area contributed by atoms with Gasteiger partial charge in [0.2, 0.25) is 5.91 Å². The third-order valence-electron chi connectivity index (χ3n) is 8.09. The van der Waals surface area contributed by atoms with Crippen molar-refractivity contribution in [1.29, 1.82) is 0 Å². The van der Waals surface area contributed by atoms with E-state index >= 15 is 0 Å². The van der Waals surface area contributed by atoms with Crippen molar-refractivity contribution in [3.05, 3.63) is 52.4 Å². The fourth-order valence-electron chi connectivity index (χ4n) is 5.79. The minimum atomic E-state index is -4.19. The maximum absolute atomic E-state index is 14.1. The molecule has 2 heterocycles. The summed E-state index contributed by atoms with van der Waals surface area (Å²) in [5, 5.41) is 0.568. The maximum atomic E-state index is 14.1. The first-order valence-corrected chi connectivity index (χ1v) is 15.7. The van der Waals surface area contributed by atoms with Crippen molar-refractivity contribution in [2.24, 2.45) is 0 Å². The van der Waals surface area contributed by atoms with Gasteiger partial charge in [-0.1, -0.05) is 30.7 Å². The van der Waals surface area contributed by atoms with Crippen LogP contribution in [0.5, 0.6) is 0 Å². The van der Waals surface area contributed by atoms with Gasteiger partial charge in [0.05, 0.1) is 18.3 Å². The molecular weight excluding hydrogens is 554 g/mol. The van der Waals surface area contributed by atoms with Gasteiger partial charge < -0.3 is 14.5 Å². The van der Waals surface area contributed by atoms with E-state index in [2.05, 4.69) is 21.8 Å². The number of rotatable bonds is 11. The van der Waals surface area contributed by atoms with Crippen molar-refractivity contribution in [1.82, 2.24) is 19.8 Å². The quantitative estimate of drug-likeness (QED) is 0.392. The number of aromatic nitrogens is 2. The van der Waals surface area contributed by atoms with Crippen LogP contribution in [0.2, 0.25) is 5.02 Å². The van der Waals surface area contributed by atoms with Gasteiger partial charge >= 0.3 is 0 Å². The minimum absolute atomic E-state index is 0.0340. The summed E-state index contributed by atoms with van der Waals surface area (Å²) in [7, 11) is -2.61. The molecule has 2 aromatic rings. The Hall–Kier alpha value is -2.31. The highest BCUT2D eigenvalue weighted by Crippen LogP contribution is 2.37. The Kier molecular flexibility index (Phi) is 9.72. The SMILES string of the molecule is COCC(C)(C)N(CCS(=O)(=O)O)CC(C(=O)N1CCN(c2ncnc3c2C(C)CC3)CC1)c1ccc(Cl)cc1. The number of methoxy groups -OCH3 is 1. The number of nitrogens with zero attached hydrogens (tertiary/aromatic N) is 5. The van der Waals surface area contributed by atoms with E-state index in [-0.39, 0.29) is 19.0 Å². The van der Waals surface area contributed by atoms with Crippen LogP contribution in [0, 0.1) is 0 Å². The standard InChI is InChI=1S/C28H40ClN5O5S/c1-20-5-10-24-25(20)26(31-19-30-24)32-11-13-33(14-12-32)27(35)23(21-6-8-22(29)9-7-21)17-34(15-16-40(36,37)38)28(2,3)18-39-4/h6-9,19-20,23H,5,10-18H2,1-4H3,(H,36,37,38). The molecule has 1 aliphatic carbocycles. The summed E-state index contributed by atoms with van der Waals surface area (Å²) in [6, 6.07) is 7.21. The molecule has 1 amide bonds. The highest BCUT2D eigenvalue weighted by Gasteiger charge is 2.36. The molecule has 1 fully saturated rings. The molecule has 1 saturated heterocycles. The second-order valence-electron chi connectivity index (χ2n) is 11.4. The van der Waals surface area contributed by atoms with E-state index in [9.17, 15) is 17.8 Å². The number of fused-ring (bicyclic) bond motifs is 1. The fourth-order valence-corrected chi connectivity index (χ4v) is 6.36. The Labute approximate surface area is 242 Å². The summed E-state index contributed by atoms with van der Waals surface area (Å²) in [4.78, 5) is 29.3. The topological polar surface area (TPSA) is 116 Å². The van der Waals surface area contributed by atoms with Crippen molar-refractivity contribution in [3.8, 4) is 0 Å². The first kappa shape index (κ1) is 30.6. The molecule has 2 aliphatic rings. The summed E-state index contributed by atoms with van der Waals surface area (Å²) < 4.78 is 38.1. The van der Waals surface area contributed by atoms with Crippen molar-refractivity contribution >= 4 is 33.4 Å². The predicted molar refractivity (Wildman–Crippen MR) is 156 cm³/mol. The molecule has 0 radical (unpaired) electrons. The monoisotopic (exact) mass is 593 g/mol. The largest absolute Gasteiger partial charge is 0.383 e. The van der Waals surface area contributed by atoms with Crippen LogP contribution in [-0.2, 0) is 26.1 Å². The average Bonchev–Trinajstić information content (AvgIpc) is 3.29. The molecule has 40 heavy (non-hydrogen) atoms. The number of amides is 1. The van der Waals surface area contributed by atoms with Gasteiger partial charge in [0, 0.05) is 68.2 Å². The number of carbonyl (C=O) groups is 1. The van der Waals surface area contributed by atoms with Gasteiger partial charge in [0.1, 0.15) is 12.1 Å². The van der Waals surface area contributed by atoms with Gasteiger partial charge in [0.25, 0.3) is 10.1 Å². The first-order chi connectivity index (χ1) is 18.9. The molecule has 2 unspecified atom stereocenters. The van der Waals surface area contributed by atoms with E-state index in [1.807, 2.05) is 35.8 Å². The van der Waals surface area contributed by atoms with Gasteiger partial charge in [0.15, 0.2) is 0 Å². The van der Waals surface area contributed by atoms with Crippen LogP contribution in [0.15, 0.2) is 30.6 Å². The van der Waals surface area contributed by atoms with E-state index in [0.29, 0.717) is 43.7 Å². The molecule has 1 aliphatic heterocycles. The molecule has 0 spiro atoms. The zero-order chi connectivity index (χ0) is 29.1. The molecule has 1 aromatic carbocycles. The molecule has 1 N–H and O–H groups in total. The fraction of sp³-hybridized carbons (Fsp3) is 0.607. The highest BCUT2D eigenvalue weighted by molar-refractivity contribution is 7.85. The summed E-state index contributed by atoms with van der Waals surface area (Å²) in [6.45, 7) is 9.13. The van der Waals surface area contributed by atoms with Crippen LogP contribution in [0.4, 0.5) is 5.82 Å². The normalized spacial score (nSPS) is 18.7. The third kappa shape index (κ3) is 7.30. The number of benzene rings is 1. The number of ether oxygens (including phenoxy) is 1. The molecule has 1 aromatic heterocycles. The lowest BCUT2D eigenvalue weighted by molar-refractivity contribution is -0.134. The van der Waals surface area contributed by atoms with Crippen molar-refractivity contribution in [2.45, 2.75) is 51.0 Å². The summed E-state index contributed by atoms with van der Waals surface area (Å²) in [6.07, 6.45) is 3.69. The number of hydrogen-bond acceptors (Lipinski definition) is 8. The first-order valence-electron chi connectivity index (χ1n) is 13.7. The van der Waals surface area contributed by atoms with Crippen LogP contribution >= 0.6 is 11.6 Å². The Morgan fingerprint density at radius 2 is 1.88 bits per heavy atom. The van der Waals surface area contributed by atoms with Crippen molar-refractivity contribution in [2.75, 3.05) is 63.6 Å². The summed E-state index contributed by atoms with van der Waals surface area (Å²) in [5.74, 6) is 0.360. The van der Waals surface area contributed by atoms with Crippen molar-refractivity contribution < 1.29 is 22.5 Å². The van der Waals surface area contributed by atoms with E-state index in [1.165, 1.54) is 5.56 Å². The van der Waals surface area contributed by atoms with Gasteiger partial charge in [-0.05, 0) is 50.3 Å². The van der Waals surface area contributed by atoms with Crippen molar-refractivity contribution in [3.63, 3.8) is 0 Å². The number of aryl methyl sites for hydroxylation is 1. The van der Waals surface area contributed by atoms with E-state index < -0.39 is 27.3 Å². The minimum Gasteiger partial charge on any atom is -0.383 e. The molecule has 12 heteroatoms. The van der Waals surface area contributed by atoms with Gasteiger partial charge in [-0.15, -0.1) is 0 Å². The van der Waals surface area contributed by atoms with E-state index in [0.717, 1.165) is 29.9 Å². The molecule has 220 valence electrons. The molecule has 4 rings (SSSR count). The maximum Gasteiger partial charge on any atom is 0.266 e.